The van der Waals surface area contributed by atoms with E-state index in [1.807, 2.05) is 25.2 Å². The van der Waals surface area contributed by atoms with Gasteiger partial charge in [0.1, 0.15) is 6.04 Å². The standard InChI is InChI=1S/C15H26N4O.ClH/c1-5-15(6-2)7-8-19(11-15)14(20)13(16-3)12-9-17-18(4)10-12;/h9-10,13,16H,5-8,11H2,1-4H3;1H. The zero-order valence-electron chi connectivity index (χ0n) is 13.4. The molecule has 1 N–H and O–H groups in total. The van der Waals surface area contributed by atoms with E-state index in [9.17, 15) is 4.79 Å². The molecule has 1 aromatic rings. The second-order valence-electron chi connectivity index (χ2n) is 5.89. The number of hydrogen-bond acceptors (Lipinski definition) is 3. The molecule has 1 aliphatic rings. The van der Waals surface area contributed by atoms with E-state index in [0.717, 1.165) is 37.9 Å². The van der Waals surface area contributed by atoms with E-state index in [0.29, 0.717) is 5.41 Å². The minimum absolute atomic E-state index is 0. The van der Waals surface area contributed by atoms with E-state index in [1.54, 1.807) is 10.9 Å². The maximum atomic E-state index is 12.7. The summed E-state index contributed by atoms with van der Waals surface area (Å²) < 4.78 is 1.74. The third-order valence-electron chi connectivity index (χ3n) is 4.84. The first-order valence-electron chi connectivity index (χ1n) is 7.50. The van der Waals surface area contributed by atoms with Gasteiger partial charge in [-0.05, 0) is 31.7 Å². The molecule has 0 bridgehead atoms. The van der Waals surface area contributed by atoms with Gasteiger partial charge in [-0.3, -0.25) is 9.48 Å². The average Bonchev–Trinajstić information content (AvgIpc) is 3.07. The summed E-state index contributed by atoms with van der Waals surface area (Å²) in [6.07, 6.45) is 7.08. The van der Waals surface area contributed by atoms with Crippen LogP contribution < -0.4 is 5.32 Å². The fraction of sp³-hybridized carbons (Fsp3) is 0.733. The zero-order valence-corrected chi connectivity index (χ0v) is 14.2. The fourth-order valence-corrected chi connectivity index (χ4v) is 3.15. The number of halogens is 1. The molecule has 1 saturated heterocycles. The van der Waals surface area contributed by atoms with Crippen molar-refractivity contribution < 1.29 is 4.79 Å². The highest BCUT2D eigenvalue weighted by Gasteiger charge is 2.39. The molecule has 0 aromatic carbocycles. The Hall–Kier alpha value is -1.07. The second-order valence-corrected chi connectivity index (χ2v) is 5.89. The van der Waals surface area contributed by atoms with Gasteiger partial charge in [0, 0.05) is 31.9 Å². The van der Waals surface area contributed by atoms with Crippen molar-refractivity contribution in [2.75, 3.05) is 20.1 Å². The number of rotatable bonds is 5. The Morgan fingerprint density at radius 3 is 2.57 bits per heavy atom. The monoisotopic (exact) mass is 314 g/mol. The Morgan fingerprint density at radius 2 is 2.14 bits per heavy atom. The van der Waals surface area contributed by atoms with Gasteiger partial charge in [-0.1, -0.05) is 13.8 Å². The van der Waals surface area contributed by atoms with Crippen LogP contribution in [0.2, 0.25) is 0 Å². The van der Waals surface area contributed by atoms with E-state index in [2.05, 4.69) is 24.3 Å². The van der Waals surface area contributed by atoms with Crippen LogP contribution in [-0.4, -0.2) is 40.7 Å². The molecule has 0 spiro atoms. The summed E-state index contributed by atoms with van der Waals surface area (Å²) in [6, 6.07) is -0.284. The Balaban J connectivity index is 0.00000220. The van der Waals surface area contributed by atoms with Crippen molar-refractivity contribution in [2.24, 2.45) is 12.5 Å². The van der Waals surface area contributed by atoms with Gasteiger partial charge in [0.2, 0.25) is 5.91 Å². The number of nitrogens with one attached hydrogen (secondary N) is 1. The van der Waals surface area contributed by atoms with E-state index in [4.69, 9.17) is 0 Å². The molecule has 1 aliphatic heterocycles. The normalized spacial score (nSPS) is 18.4. The van der Waals surface area contributed by atoms with Gasteiger partial charge in [0.15, 0.2) is 0 Å². The Morgan fingerprint density at radius 1 is 1.48 bits per heavy atom. The molecule has 0 radical (unpaired) electrons. The molecule has 0 aliphatic carbocycles. The van der Waals surface area contributed by atoms with Crippen molar-refractivity contribution >= 4 is 18.3 Å². The van der Waals surface area contributed by atoms with E-state index < -0.39 is 0 Å². The van der Waals surface area contributed by atoms with Crippen molar-refractivity contribution in [1.29, 1.82) is 0 Å². The second kappa shape index (κ2) is 7.27. The summed E-state index contributed by atoms with van der Waals surface area (Å²) in [5.74, 6) is 0.171. The highest BCUT2D eigenvalue weighted by Crippen LogP contribution is 2.37. The topological polar surface area (TPSA) is 50.2 Å². The lowest BCUT2D eigenvalue weighted by atomic mass is 9.82. The number of hydrogen-bond donors (Lipinski definition) is 1. The quantitative estimate of drug-likeness (QED) is 0.906. The van der Waals surface area contributed by atoms with Crippen LogP contribution in [0, 0.1) is 5.41 Å². The highest BCUT2D eigenvalue weighted by molar-refractivity contribution is 5.85. The van der Waals surface area contributed by atoms with Crippen molar-refractivity contribution in [3.05, 3.63) is 18.0 Å². The Labute approximate surface area is 133 Å². The number of aryl methyl sites for hydroxylation is 1. The molecular formula is C15H27ClN4O. The average molecular weight is 315 g/mol. The SMILES string of the molecule is CCC1(CC)CCN(C(=O)C(NC)c2cnn(C)c2)C1.Cl. The minimum atomic E-state index is -0.284. The van der Waals surface area contributed by atoms with Gasteiger partial charge in [-0.25, -0.2) is 0 Å². The molecule has 0 saturated carbocycles. The lowest BCUT2D eigenvalue weighted by Gasteiger charge is -2.28. The lowest BCUT2D eigenvalue weighted by molar-refractivity contribution is -0.132. The van der Waals surface area contributed by atoms with Gasteiger partial charge in [0.25, 0.3) is 0 Å². The molecule has 21 heavy (non-hydrogen) atoms. The van der Waals surface area contributed by atoms with Gasteiger partial charge < -0.3 is 10.2 Å². The summed E-state index contributed by atoms with van der Waals surface area (Å²) >= 11 is 0. The summed E-state index contributed by atoms with van der Waals surface area (Å²) in [6.45, 7) is 6.22. The molecule has 6 heteroatoms. The van der Waals surface area contributed by atoms with Crippen LogP contribution in [0.1, 0.15) is 44.7 Å². The number of likely N-dealkylation sites (N-methyl/N-ethyl adjacent to an activating group) is 1. The smallest absolute Gasteiger partial charge is 0.244 e. The van der Waals surface area contributed by atoms with Gasteiger partial charge >= 0.3 is 0 Å². The number of likely N-dealkylation sites (tertiary alicyclic amines) is 1. The van der Waals surface area contributed by atoms with Crippen molar-refractivity contribution in [1.82, 2.24) is 20.0 Å². The maximum Gasteiger partial charge on any atom is 0.244 e. The molecule has 2 rings (SSSR count). The fourth-order valence-electron chi connectivity index (χ4n) is 3.15. The first-order valence-corrected chi connectivity index (χ1v) is 7.50. The molecule has 2 heterocycles. The maximum absolute atomic E-state index is 12.7. The summed E-state index contributed by atoms with van der Waals surface area (Å²) in [7, 11) is 3.70. The molecule has 5 nitrogen and oxygen atoms in total. The molecule has 1 aromatic heterocycles. The van der Waals surface area contributed by atoms with Crippen LogP contribution in [0.5, 0.6) is 0 Å². The molecule has 1 fully saturated rings. The Bertz CT molecular complexity index is 470. The minimum Gasteiger partial charge on any atom is -0.340 e. The van der Waals surface area contributed by atoms with Gasteiger partial charge in [-0.2, -0.15) is 5.10 Å². The van der Waals surface area contributed by atoms with Crippen molar-refractivity contribution in [3.8, 4) is 0 Å². The first kappa shape index (κ1) is 18.0. The number of amides is 1. The largest absolute Gasteiger partial charge is 0.340 e. The summed E-state index contributed by atoms with van der Waals surface area (Å²) in [5.41, 5.74) is 1.26. The number of aromatic nitrogens is 2. The van der Waals surface area contributed by atoms with Crippen LogP contribution in [0.25, 0.3) is 0 Å². The lowest BCUT2D eigenvalue weighted by Crippen LogP contribution is -2.39. The number of carbonyl (C=O) groups excluding carboxylic acids is 1. The van der Waals surface area contributed by atoms with Crippen LogP contribution >= 0.6 is 12.4 Å². The van der Waals surface area contributed by atoms with Crippen LogP contribution in [-0.2, 0) is 11.8 Å². The predicted molar refractivity (Wildman–Crippen MR) is 86.5 cm³/mol. The van der Waals surface area contributed by atoms with Gasteiger partial charge in [-0.15, -0.1) is 12.4 Å². The third kappa shape index (κ3) is 3.58. The van der Waals surface area contributed by atoms with Crippen molar-refractivity contribution in [3.63, 3.8) is 0 Å². The number of nitrogens with zero attached hydrogens (tertiary/aromatic N) is 3. The van der Waals surface area contributed by atoms with E-state index in [-0.39, 0.29) is 24.4 Å². The van der Waals surface area contributed by atoms with Crippen LogP contribution in [0.4, 0.5) is 0 Å². The van der Waals surface area contributed by atoms with Crippen molar-refractivity contribution in [2.45, 2.75) is 39.2 Å². The van der Waals surface area contributed by atoms with Crippen LogP contribution in [0.15, 0.2) is 12.4 Å². The summed E-state index contributed by atoms with van der Waals surface area (Å²) in [5, 5.41) is 7.29. The first-order chi connectivity index (χ1) is 9.55. The predicted octanol–water partition coefficient (Wildman–Crippen LogP) is 2.14. The third-order valence-corrected chi connectivity index (χ3v) is 4.84. The molecule has 1 atom stereocenters. The van der Waals surface area contributed by atoms with E-state index >= 15 is 0 Å². The van der Waals surface area contributed by atoms with Crippen LogP contribution in [0.3, 0.4) is 0 Å². The molecule has 1 unspecified atom stereocenters. The molecule has 120 valence electrons. The molecular weight excluding hydrogens is 288 g/mol. The van der Waals surface area contributed by atoms with Gasteiger partial charge in [0.05, 0.1) is 6.20 Å². The Kier molecular flexibility index (Phi) is 6.23. The van der Waals surface area contributed by atoms with E-state index in [1.165, 1.54) is 0 Å². The summed E-state index contributed by atoms with van der Waals surface area (Å²) in [4.78, 5) is 14.7. The highest BCUT2D eigenvalue weighted by atomic mass is 35.5. The molecule has 1 amide bonds. The number of carbonyl (C=O) groups is 1. The zero-order chi connectivity index (χ0) is 14.8.